The quantitative estimate of drug-likeness (QED) is 0.807. The molecule has 18 heavy (non-hydrogen) atoms. The number of carbonyl (C=O) groups is 1. The molecule has 2 unspecified atom stereocenters. The molecule has 0 spiro atoms. The molecule has 0 aromatic heterocycles. The summed E-state index contributed by atoms with van der Waals surface area (Å²) in [7, 11) is 0. The first-order valence-corrected chi connectivity index (χ1v) is 6.51. The van der Waals surface area contributed by atoms with Crippen LogP contribution in [0.15, 0.2) is 24.3 Å². The average molecular weight is 249 g/mol. The number of benzene rings is 1. The van der Waals surface area contributed by atoms with Gasteiger partial charge < -0.3 is 10.1 Å². The molecule has 1 aromatic carbocycles. The van der Waals surface area contributed by atoms with Crippen LogP contribution in [-0.2, 0) is 11.2 Å². The average Bonchev–Trinajstić information content (AvgIpc) is 2.31. The molecule has 0 amide bonds. The van der Waals surface area contributed by atoms with Crippen LogP contribution in [-0.4, -0.2) is 24.5 Å². The second-order valence-electron chi connectivity index (χ2n) is 4.68. The number of hydrogen-bond acceptors (Lipinski definition) is 3. The third-order valence-electron chi connectivity index (χ3n) is 2.92. The van der Waals surface area contributed by atoms with E-state index in [-0.39, 0.29) is 17.9 Å². The van der Waals surface area contributed by atoms with E-state index in [4.69, 9.17) is 4.74 Å². The molecule has 0 saturated carbocycles. The zero-order chi connectivity index (χ0) is 13.5. The lowest BCUT2D eigenvalue weighted by Crippen LogP contribution is -2.39. The molecular formula is C15H23NO2. The summed E-state index contributed by atoms with van der Waals surface area (Å²) in [5, 5.41) is 3.29. The Balaban J connectivity index is 2.48. The van der Waals surface area contributed by atoms with Crippen molar-refractivity contribution in [2.45, 2.75) is 46.2 Å². The van der Waals surface area contributed by atoms with E-state index in [1.165, 1.54) is 5.56 Å². The zero-order valence-electron chi connectivity index (χ0n) is 11.7. The minimum absolute atomic E-state index is 0.0808. The number of ether oxygens (including phenoxy) is 1. The molecular weight excluding hydrogens is 226 g/mol. The van der Waals surface area contributed by atoms with Crippen molar-refractivity contribution in [3.8, 4) is 5.75 Å². The highest BCUT2D eigenvalue weighted by molar-refractivity contribution is 5.80. The minimum Gasteiger partial charge on any atom is -0.494 e. The van der Waals surface area contributed by atoms with Crippen LogP contribution in [0.5, 0.6) is 5.75 Å². The lowest BCUT2D eigenvalue weighted by molar-refractivity contribution is -0.118. The van der Waals surface area contributed by atoms with Crippen LogP contribution in [0.3, 0.4) is 0 Å². The van der Waals surface area contributed by atoms with Crippen molar-refractivity contribution < 1.29 is 9.53 Å². The molecule has 1 N–H and O–H groups in total. The summed E-state index contributed by atoms with van der Waals surface area (Å²) >= 11 is 0. The summed E-state index contributed by atoms with van der Waals surface area (Å²) in [5.41, 5.74) is 1.24. The van der Waals surface area contributed by atoms with Gasteiger partial charge in [0.15, 0.2) is 0 Å². The number of rotatable bonds is 7. The van der Waals surface area contributed by atoms with Crippen LogP contribution >= 0.6 is 0 Å². The molecule has 0 fully saturated rings. The maximum atomic E-state index is 11.2. The van der Waals surface area contributed by atoms with Crippen LogP contribution in [0.2, 0.25) is 0 Å². The molecule has 0 aliphatic heterocycles. The van der Waals surface area contributed by atoms with Gasteiger partial charge in [0.05, 0.1) is 12.6 Å². The van der Waals surface area contributed by atoms with Gasteiger partial charge in [-0.2, -0.15) is 0 Å². The van der Waals surface area contributed by atoms with Gasteiger partial charge in [0.2, 0.25) is 0 Å². The molecule has 0 saturated heterocycles. The third-order valence-corrected chi connectivity index (χ3v) is 2.92. The first-order valence-electron chi connectivity index (χ1n) is 6.51. The first-order chi connectivity index (χ1) is 8.52. The van der Waals surface area contributed by atoms with Gasteiger partial charge in [0, 0.05) is 6.04 Å². The molecule has 100 valence electrons. The standard InChI is InChI=1S/C15H23NO2/c1-5-18-15-8-6-14(7-9-15)10-11(2)16-12(3)13(4)17/h6-9,11-12,16H,5,10H2,1-4H3. The second-order valence-corrected chi connectivity index (χ2v) is 4.68. The molecule has 0 aliphatic carbocycles. The molecule has 2 atom stereocenters. The largest absolute Gasteiger partial charge is 0.494 e. The third kappa shape index (κ3) is 4.88. The van der Waals surface area contributed by atoms with Crippen molar-refractivity contribution in [2.75, 3.05) is 6.61 Å². The maximum absolute atomic E-state index is 11.2. The minimum atomic E-state index is -0.0808. The van der Waals surface area contributed by atoms with E-state index in [9.17, 15) is 4.79 Å². The van der Waals surface area contributed by atoms with Crippen molar-refractivity contribution in [3.63, 3.8) is 0 Å². The van der Waals surface area contributed by atoms with Crippen molar-refractivity contribution in [3.05, 3.63) is 29.8 Å². The molecule has 3 heteroatoms. The number of nitrogens with one attached hydrogen (secondary N) is 1. The molecule has 0 heterocycles. The number of hydrogen-bond donors (Lipinski definition) is 1. The highest BCUT2D eigenvalue weighted by Crippen LogP contribution is 2.13. The fraction of sp³-hybridized carbons (Fsp3) is 0.533. The lowest BCUT2D eigenvalue weighted by atomic mass is 10.1. The molecule has 1 rings (SSSR count). The predicted octanol–water partition coefficient (Wildman–Crippen LogP) is 2.58. The second kappa shape index (κ2) is 7.17. The van der Waals surface area contributed by atoms with E-state index in [0.29, 0.717) is 6.61 Å². The Labute approximate surface area is 110 Å². The van der Waals surface area contributed by atoms with Crippen LogP contribution in [0.4, 0.5) is 0 Å². The summed E-state index contributed by atoms with van der Waals surface area (Å²) < 4.78 is 5.40. The lowest BCUT2D eigenvalue weighted by Gasteiger charge is -2.18. The van der Waals surface area contributed by atoms with Gasteiger partial charge in [0.25, 0.3) is 0 Å². The van der Waals surface area contributed by atoms with Crippen LogP contribution in [0.1, 0.15) is 33.3 Å². The van der Waals surface area contributed by atoms with E-state index < -0.39 is 0 Å². The summed E-state index contributed by atoms with van der Waals surface area (Å²) in [5.74, 6) is 1.08. The molecule has 0 bridgehead atoms. The van der Waals surface area contributed by atoms with Crippen LogP contribution in [0.25, 0.3) is 0 Å². The van der Waals surface area contributed by atoms with E-state index >= 15 is 0 Å². The van der Waals surface area contributed by atoms with Gasteiger partial charge in [-0.25, -0.2) is 0 Å². The van der Waals surface area contributed by atoms with Crippen molar-refractivity contribution in [2.24, 2.45) is 0 Å². The molecule has 3 nitrogen and oxygen atoms in total. The van der Waals surface area contributed by atoms with Gasteiger partial charge in [-0.1, -0.05) is 12.1 Å². The number of ketones is 1. The highest BCUT2D eigenvalue weighted by atomic mass is 16.5. The van der Waals surface area contributed by atoms with E-state index in [0.717, 1.165) is 12.2 Å². The van der Waals surface area contributed by atoms with Crippen molar-refractivity contribution >= 4 is 5.78 Å². The fourth-order valence-corrected chi connectivity index (χ4v) is 1.85. The summed E-state index contributed by atoms with van der Waals surface area (Å²) in [6.45, 7) is 8.27. The monoisotopic (exact) mass is 249 g/mol. The molecule has 0 aliphatic rings. The highest BCUT2D eigenvalue weighted by Gasteiger charge is 2.11. The Morgan fingerprint density at radius 3 is 2.39 bits per heavy atom. The van der Waals surface area contributed by atoms with Gasteiger partial charge in [0.1, 0.15) is 11.5 Å². The Hall–Kier alpha value is -1.35. The Bertz CT molecular complexity index is 373. The Morgan fingerprint density at radius 1 is 1.28 bits per heavy atom. The van der Waals surface area contributed by atoms with E-state index in [1.807, 2.05) is 26.0 Å². The topological polar surface area (TPSA) is 38.3 Å². The van der Waals surface area contributed by atoms with Gasteiger partial charge >= 0.3 is 0 Å². The number of carbonyl (C=O) groups excluding carboxylic acids is 1. The van der Waals surface area contributed by atoms with Gasteiger partial charge in [-0.15, -0.1) is 0 Å². The molecule has 1 aromatic rings. The normalized spacial score (nSPS) is 14.0. The Kier molecular flexibility index (Phi) is 5.86. The first kappa shape index (κ1) is 14.7. The predicted molar refractivity (Wildman–Crippen MR) is 74.1 cm³/mol. The SMILES string of the molecule is CCOc1ccc(CC(C)NC(C)C(C)=O)cc1. The van der Waals surface area contributed by atoms with Gasteiger partial charge in [-0.05, 0) is 51.8 Å². The fourth-order valence-electron chi connectivity index (χ4n) is 1.85. The van der Waals surface area contributed by atoms with Gasteiger partial charge in [-0.3, -0.25) is 4.79 Å². The summed E-state index contributed by atoms with van der Waals surface area (Å²) in [4.78, 5) is 11.2. The number of Topliss-reactive ketones (excluding diaryl/α,β-unsaturated/α-hetero) is 1. The summed E-state index contributed by atoms with van der Waals surface area (Å²) in [6.07, 6.45) is 0.907. The molecule has 0 radical (unpaired) electrons. The van der Waals surface area contributed by atoms with Crippen LogP contribution in [0, 0.1) is 0 Å². The van der Waals surface area contributed by atoms with Crippen molar-refractivity contribution in [1.29, 1.82) is 0 Å². The van der Waals surface area contributed by atoms with E-state index in [2.05, 4.69) is 24.4 Å². The maximum Gasteiger partial charge on any atom is 0.146 e. The van der Waals surface area contributed by atoms with Crippen molar-refractivity contribution in [1.82, 2.24) is 5.32 Å². The smallest absolute Gasteiger partial charge is 0.146 e. The summed E-state index contributed by atoms with van der Waals surface area (Å²) in [6, 6.07) is 8.31. The van der Waals surface area contributed by atoms with Crippen LogP contribution < -0.4 is 10.1 Å². The zero-order valence-corrected chi connectivity index (χ0v) is 11.7. The Morgan fingerprint density at radius 2 is 1.89 bits per heavy atom. The van der Waals surface area contributed by atoms with E-state index in [1.54, 1.807) is 6.92 Å².